The second kappa shape index (κ2) is 3.38. The van der Waals surface area contributed by atoms with E-state index in [9.17, 15) is 4.79 Å². The Kier molecular flexibility index (Phi) is 3.20. The van der Waals surface area contributed by atoms with Crippen LogP contribution in [0.1, 0.15) is 27.7 Å². The molecule has 4 N–H and O–H groups in total. The van der Waals surface area contributed by atoms with E-state index in [1.54, 1.807) is 27.7 Å². The van der Waals surface area contributed by atoms with Gasteiger partial charge in [-0.1, -0.05) is 0 Å². The van der Waals surface area contributed by atoms with Crippen LogP contribution in [0.2, 0.25) is 0 Å². The molecule has 0 aromatic rings. The minimum atomic E-state index is -0.878. The van der Waals surface area contributed by atoms with Crippen molar-refractivity contribution >= 4 is 5.97 Å². The van der Waals surface area contributed by atoms with Crippen molar-refractivity contribution in [2.45, 2.75) is 33.3 Å². The maximum Gasteiger partial charge on any atom is 0.332 e. The van der Waals surface area contributed by atoms with E-state index in [4.69, 9.17) is 11.8 Å². The Hall–Kier alpha value is -0.650. The third kappa shape index (κ3) is 1.74. The van der Waals surface area contributed by atoms with Crippen LogP contribution in [-0.4, -0.2) is 11.6 Å². The van der Waals surface area contributed by atoms with Gasteiger partial charge in [0.2, 0.25) is 0 Å². The molecule has 0 aromatic carbocycles. The molecular formula is C7H16N2O3. The van der Waals surface area contributed by atoms with Crippen molar-refractivity contribution in [1.82, 2.24) is 0 Å². The van der Waals surface area contributed by atoms with E-state index in [1.807, 2.05) is 0 Å². The zero-order valence-corrected chi connectivity index (χ0v) is 7.88. The first-order valence-corrected chi connectivity index (χ1v) is 3.58. The molecule has 5 nitrogen and oxygen atoms in total. The molecule has 0 radical (unpaired) electrons. The monoisotopic (exact) mass is 176 g/mol. The summed E-state index contributed by atoms with van der Waals surface area (Å²) in [5, 5.41) is 0. The summed E-state index contributed by atoms with van der Waals surface area (Å²) in [6.45, 7) is 6.66. The average Bonchev–Trinajstić information content (AvgIpc) is 2.02. The van der Waals surface area contributed by atoms with Gasteiger partial charge in [-0.05, 0) is 27.7 Å². The first kappa shape index (κ1) is 11.4. The molecule has 0 aliphatic rings. The Balaban J connectivity index is 4.71. The van der Waals surface area contributed by atoms with Gasteiger partial charge in [0.05, 0.1) is 11.0 Å². The maximum atomic E-state index is 11.2. The van der Waals surface area contributed by atoms with Crippen LogP contribution >= 0.6 is 0 Å². The Bertz CT molecular complexity index is 177. The highest BCUT2D eigenvalue weighted by Gasteiger charge is 2.45. The number of nitrogens with two attached hydrogens (primary N) is 2. The lowest BCUT2D eigenvalue weighted by molar-refractivity contribution is -0.176. The standard InChI is InChI=1S/C7H16N2O3/c1-6(2,5(10)11-8)7(3,4)12-9/h8-9H2,1-4H3. The Morgan fingerprint density at radius 3 is 1.83 bits per heavy atom. The van der Waals surface area contributed by atoms with Crippen LogP contribution in [0.3, 0.4) is 0 Å². The van der Waals surface area contributed by atoms with Crippen molar-refractivity contribution in [1.29, 1.82) is 0 Å². The van der Waals surface area contributed by atoms with E-state index >= 15 is 0 Å². The summed E-state index contributed by atoms with van der Waals surface area (Å²) in [7, 11) is 0. The first-order valence-electron chi connectivity index (χ1n) is 3.58. The fraction of sp³-hybridized carbons (Fsp3) is 0.857. The van der Waals surface area contributed by atoms with Gasteiger partial charge in [0.1, 0.15) is 0 Å². The molecule has 0 unspecified atom stereocenters. The van der Waals surface area contributed by atoms with Crippen LogP contribution < -0.4 is 11.8 Å². The van der Waals surface area contributed by atoms with Crippen molar-refractivity contribution in [3.63, 3.8) is 0 Å². The van der Waals surface area contributed by atoms with Gasteiger partial charge >= 0.3 is 5.97 Å². The van der Waals surface area contributed by atoms with Gasteiger partial charge in [-0.2, -0.15) is 5.90 Å². The predicted molar refractivity (Wildman–Crippen MR) is 43.4 cm³/mol. The summed E-state index contributed by atoms with van der Waals surface area (Å²) in [6.07, 6.45) is 0. The summed E-state index contributed by atoms with van der Waals surface area (Å²) < 4.78 is 0. The molecule has 72 valence electrons. The molecule has 0 aliphatic heterocycles. The highest BCUT2D eigenvalue weighted by atomic mass is 16.7. The molecule has 0 bridgehead atoms. The molecule has 0 saturated carbocycles. The molecule has 0 fully saturated rings. The lowest BCUT2D eigenvalue weighted by atomic mass is 9.77. The summed E-state index contributed by atoms with van der Waals surface area (Å²) in [5.41, 5.74) is -1.69. The van der Waals surface area contributed by atoms with Gasteiger partial charge in [-0.25, -0.2) is 10.7 Å². The molecule has 0 rings (SSSR count). The second-order valence-corrected chi connectivity index (χ2v) is 3.66. The van der Waals surface area contributed by atoms with E-state index in [2.05, 4.69) is 9.68 Å². The fourth-order valence-electron chi connectivity index (χ4n) is 0.540. The fourth-order valence-corrected chi connectivity index (χ4v) is 0.540. The summed E-state index contributed by atoms with van der Waals surface area (Å²) in [5.74, 6) is 9.24. The van der Waals surface area contributed by atoms with Gasteiger partial charge in [0.15, 0.2) is 0 Å². The van der Waals surface area contributed by atoms with Gasteiger partial charge in [0.25, 0.3) is 0 Å². The molecule has 0 amide bonds. The molecule has 5 heteroatoms. The molecule has 0 aromatic heterocycles. The lowest BCUT2D eigenvalue weighted by Gasteiger charge is -2.36. The van der Waals surface area contributed by atoms with E-state index in [1.165, 1.54) is 0 Å². The molecule has 0 heterocycles. The van der Waals surface area contributed by atoms with Crippen LogP contribution in [0.4, 0.5) is 0 Å². The van der Waals surface area contributed by atoms with Crippen molar-refractivity contribution in [3.05, 3.63) is 0 Å². The van der Waals surface area contributed by atoms with E-state index in [0.717, 1.165) is 0 Å². The van der Waals surface area contributed by atoms with Gasteiger partial charge in [-0.15, -0.1) is 0 Å². The number of hydrogen-bond acceptors (Lipinski definition) is 5. The molecule has 0 saturated heterocycles. The largest absolute Gasteiger partial charge is 0.373 e. The van der Waals surface area contributed by atoms with E-state index in [-0.39, 0.29) is 0 Å². The number of carbonyl (C=O) groups excluding carboxylic acids is 1. The smallest absolute Gasteiger partial charge is 0.332 e. The summed E-state index contributed by atoms with van der Waals surface area (Å²) in [4.78, 5) is 20.0. The van der Waals surface area contributed by atoms with Crippen LogP contribution in [-0.2, 0) is 14.5 Å². The van der Waals surface area contributed by atoms with Crippen LogP contribution in [0, 0.1) is 5.41 Å². The highest BCUT2D eigenvalue weighted by Crippen LogP contribution is 2.33. The molecular weight excluding hydrogens is 160 g/mol. The number of rotatable bonds is 3. The Morgan fingerprint density at radius 2 is 1.58 bits per heavy atom. The van der Waals surface area contributed by atoms with Crippen molar-refractivity contribution in [3.8, 4) is 0 Å². The van der Waals surface area contributed by atoms with Crippen LogP contribution in [0.5, 0.6) is 0 Å². The predicted octanol–water partition coefficient (Wildman–Crippen LogP) is 0.0984. The normalized spacial score (nSPS) is 12.8. The quantitative estimate of drug-likeness (QED) is 0.595. The maximum absolute atomic E-state index is 11.2. The van der Waals surface area contributed by atoms with E-state index < -0.39 is 17.0 Å². The van der Waals surface area contributed by atoms with Gasteiger partial charge in [0, 0.05) is 0 Å². The Morgan fingerprint density at radius 1 is 1.17 bits per heavy atom. The minimum absolute atomic E-state index is 0.557. The van der Waals surface area contributed by atoms with Gasteiger partial charge in [-0.3, -0.25) is 4.84 Å². The number of hydrogen-bond donors (Lipinski definition) is 2. The first-order chi connectivity index (χ1) is 5.29. The second-order valence-electron chi connectivity index (χ2n) is 3.66. The third-order valence-electron chi connectivity index (χ3n) is 2.42. The number of carbonyl (C=O) groups is 1. The van der Waals surface area contributed by atoms with Crippen LogP contribution in [0.15, 0.2) is 0 Å². The third-order valence-corrected chi connectivity index (χ3v) is 2.42. The summed E-state index contributed by atoms with van der Waals surface area (Å²) in [6, 6.07) is 0. The zero-order chi connectivity index (χ0) is 9.99. The summed E-state index contributed by atoms with van der Waals surface area (Å²) >= 11 is 0. The van der Waals surface area contributed by atoms with E-state index in [0.29, 0.717) is 0 Å². The lowest BCUT2D eigenvalue weighted by Crippen LogP contribution is -2.49. The van der Waals surface area contributed by atoms with Crippen molar-refractivity contribution < 1.29 is 14.5 Å². The minimum Gasteiger partial charge on any atom is -0.373 e. The van der Waals surface area contributed by atoms with Crippen molar-refractivity contribution in [2.24, 2.45) is 17.2 Å². The zero-order valence-electron chi connectivity index (χ0n) is 7.88. The molecule has 0 spiro atoms. The molecule has 0 aliphatic carbocycles. The van der Waals surface area contributed by atoms with Gasteiger partial charge < -0.3 is 4.84 Å². The molecule has 0 atom stereocenters. The molecule has 12 heavy (non-hydrogen) atoms. The van der Waals surface area contributed by atoms with Crippen LogP contribution in [0.25, 0.3) is 0 Å². The SMILES string of the molecule is CC(C)(ON)C(C)(C)C(=O)ON. The Labute approximate surface area is 71.9 Å². The van der Waals surface area contributed by atoms with Crippen molar-refractivity contribution in [2.75, 3.05) is 0 Å². The highest BCUT2D eigenvalue weighted by molar-refractivity contribution is 5.77. The average molecular weight is 176 g/mol. The topological polar surface area (TPSA) is 87.6 Å².